The SMILES string of the molecule is Cc1c(C(F)(F)F)cc2c(c1N)Cc1cccc(C(F)(F)F)c1-2. The second-order valence-corrected chi connectivity index (χ2v) is 5.50. The predicted octanol–water partition coefficient (Wildman–Crippen LogP) is 5.19. The molecule has 2 N–H and O–H groups in total. The van der Waals surface area contributed by atoms with Crippen molar-refractivity contribution in [3.05, 3.63) is 52.1 Å². The largest absolute Gasteiger partial charge is 0.417 e. The van der Waals surface area contributed by atoms with Crippen LogP contribution in [0.15, 0.2) is 24.3 Å². The minimum atomic E-state index is -4.68. The van der Waals surface area contributed by atoms with Crippen LogP contribution >= 0.6 is 0 Å². The first-order chi connectivity index (χ1) is 10.5. The van der Waals surface area contributed by atoms with Gasteiger partial charge in [-0.25, -0.2) is 0 Å². The topological polar surface area (TPSA) is 26.0 Å². The summed E-state index contributed by atoms with van der Waals surface area (Å²) in [5, 5.41) is 0. The summed E-state index contributed by atoms with van der Waals surface area (Å²) in [6.07, 6.45) is -9.23. The fraction of sp³-hybridized carbons (Fsp3) is 0.250. The number of nitrogens with two attached hydrogens (primary N) is 1. The third kappa shape index (κ3) is 2.34. The van der Waals surface area contributed by atoms with Gasteiger partial charge in [0.25, 0.3) is 0 Å². The molecule has 1 aliphatic carbocycles. The van der Waals surface area contributed by atoms with Gasteiger partial charge < -0.3 is 5.73 Å². The maximum Gasteiger partial charge on any atom is 0.417 e. The summed E-state index contributed by atoms with van der Waals surface area (Å²) < 4.78 is 79.0. The molecule has 0 saturated carbocycles. The predicted molar refractivity (Wildman–Crippen MR) is 73.8 cm³/mol. The van der Waals surface area contributed by atoms with Crippen LogP contribution < -0.4 is 5.73 Å². The zero-order valence-corrected chi connectivity index (χ0v) is 11.9. The summed E-state index contributed by atoms with van der Waals surface area (Å²) in [5.41, 5.74) is 3.97. The molecule has 2 aromatic rings. The Kier molecular flexibility index (Phi) is 3.18. The maximum absolute atomic E-state index is 13.2. The monoisotopic (exact) mass is 331 g/mol. The van der Waals surface area contributed by atoms with Gasteiger partial charge in [0, 0.05) is 12.1 Å². The molecule has 0 saturated heterocycles. The number of alkyl halides is 6. The summed E-state index contributed by atoms with van der Waals surface area (Å²) in [6.45, 7) is 1.23. The molecular weight excluding hydrogens is 320 g/mol. The van der Waals surface area contributed by atoms with Crippen LogP contribution in [-0.4, -0.2) is 0 Å². The Labute approximate surface area is 127 Å². The lowest BCUT2D eigenvalue weighted by Gasteiger charge is -2.17. The molecule has 3 rings (SSSR count). The molecule has 122 valence electrons. The highest BCUT2D eigenvalue weighted by molar-refractivity contribution is 5.86. The average Bonchev–Trinajstić information content (AvgIpc) is 2.79. The highest BCUT2D eigenvalue weighted by Crippen LogP contribution is 2.49. The van der Waals surface area contributed by atoms with Crippen molar-refractivity contribution in [2.75, 3.05) is 5.73 Å². The molecule has 0 radical (unpaired) electrons. The Morgan fingerprint density at radius 1 is 0.957 bits per heavy atom. The van der Waals surface area contributed by atoms with E-state index >= 15 is 0 Å². The maximum atomic E-state index is 13.2. The average molecular weight is 331 g/mol. The molecule has 0 aliphatic heterocycles. The van der Waals surface area contributed by atoms with Gasteiger partial charge in [0.2, 0.25) is 0 Å². The van der Waals surface area contributed by atoms with Gasteiger partial charge in [0.1, 0.15) is 0 Å². The Hall–Kier alpha value is -2.18. The zero-order chi connectivity index (χ0) is 17.2. The number of halogens is 6. The summed E-state index contributed by atoms with van der Waals surface area (Å²) in [5.74, 6) is 0. The lowest BCUT2D eigenvalue weighted by molar-refractivity contribution is -0.138. The van der Waals surface area contributed by atoms with E-state index in [-0.39, 0.29) is 28.8 Å². The van der Waals surface area contributed by atoms with Crippen LogP contribution in [0.1, 0.15) is 27.8 Å². The van der Waals surface area contributed by atoms with Crippen molar-refractivity contribution >= 4 is 5.69 Å². The van der Waals surface area contributed by atoms with Crippen molar-refractivity contribution in [2.24, 2.45) is 0 Å². The summed E-state index contributed by atoms with van der Waals surface area (Å²) in [6, 6.07) is 4.38. The fourth-order valence-corrected chi connectivity index (χ4v) is 3.06. The van der Waals surface area contributed by atoms with Gasteiger partial charge >= 0.3 is 12.4 Å². The number of nitrogen functional groups attached to an aromatic ring is 1. The van der Waals surface area contributed by atoms with E-state index in [0.29, 0.717) is 11.1 Å². The van der Waals surface area contributed by atoms with Gasteiger partial charge in [0.05, 0.1) is 11.1 Å². The van der Waals surface area contributed by atoms with Crippen LogP contribution in [0.4, 0.5) is 32.0 Å². The minimum Gasteiger partial charge on any atom is -0.398 e. The van der Waals surface area contributed by atoms with Gasteiger partial charge in [-0.3, -0.25) is 0 Å². The number of anilines is 1. The Balaban J connectivity index is 2.36. The molecule has 0 bridgehead atoms. The van der Waals surface area contributed by atoms with Crippen LogP contribution in [0.2, 0.25) is 0 Å². The number of rotatable bonds is 0. The van der Waals surface area contributed by atoms with E-state index in [1.165, 1.54) is 19.1 Å². The lowest BCUT2D eigenvalue weighted by Crippen LogP contribution is -2.11. The number of hydrogen-bond donors (Lipinski definition) is 1. The first-order valence-electron chi connectivity index (χ1n) is 6.70. The smallest absolute Gasteiger partial charge is 0.398 e. The molecule has 1 aliphatic rings. The van der Waals surface area contributed by atoms with Crippen LogP contribution in [0, 0.1) is 6.92 Å². The number of benzene rings is 2. The van der Waals surface area contributed by atoms with Gasteiger partial charge in [-0.05, 0) is 46.9 Å². The van der Waals surface area contributed by atoms with Gasteiger partial charge in [-0.2, -0.15) is 26.3 Å². The molecule has 0 aromatic heterocycles. The molecular formula is C16H11F6N. The molecule has 0 unspecified atom stereocenters. The second-order valence-electron chi connectivity index (χ2n) is 5.50. The van der Waals surface area contributed by atoms with E-state index in [2.05, 4.69) is 0 Å². The van der Waals surface area contributed by atoms with Crippen LogP contribution in [-0.2, 0) is 18.8 Å². The van der Waals surface area contributed by atoms with Crippen LogP contribution in [0.3, 0.4) is 0 Å². The quantitative estimate of drug-likeness (QED) is 0.445. The second kappa shape index (κ2) is 4.66. The normalized spacial score (nSPS) is 13.9. The highest BCUT2D eigenvalue weighted by atomic mass is 19.4. The molecule has 0 spiro atoms. The third-order valence-corrected chi connectivity index (χ3v) is 4.15. The Morgan fingerprint density at radius 3 is 2.13 bits per heavy atom. The van der Waals surface area contributed by atoms with E-state index in [4.69, 9.17) is 5.73 Å². The van der Waals surface area contributed by atoms with Crippen molar-refractivity contribution < 1.29 is 26.3 Å². The third-order valence-electron chi connectivity index (χ3n) is 4.15. The molecule has 23 heavy (non-hydrogen) atoms. The highest BCUT2D eigenvalue weighted by Gasteiger charge is 2.40. The van der Waals surface area contributed by atoms with E-state index in [0.717, 1.165) is 12.1 Å². The standard InChI is InChI=1S/C16H11F6N/c1-7-12(16(20,21)22)6-9-10(14(7)23)5-8-3-2-4-11(13(8)9)15(17,18)19/h2-4,6H,5,23H2,1H3. The summed E-state index contributed by atoms with van der Waals surface area (Å²) in [7, 11) is 0. The molecule has 1 nitrogen and oxygen atoms in total. The number of hydrogen-bond acceptors (Lipinski definition) is 1. The molecule has 0 heterocycles. The first kappa shape index (κ1) is 15.7. The molecule has 0 fully saturated rings. The van der Waals surface area contributed by atoms with Gasteiger partial charge in [-0.15, -0.1) is 0 Å². The van der Waals surface area contributed by atoms with Crippen molar-refractivity contribution in [1.82, 2.24) is 0 Å². The molecule has 2 aromatic carbocycles. The molecule has 0 amide bonds. The fourth-order valence-electron chi connectivity index (χ4n) is 3.06. The van der Waals surface area contributed by atoms with E-state index in [1.54, 1.807) is 0 Å². The van der Waals surface area contributed by atoms with Gasteiger partial charge in [-0.1, -0.05) is 12.1 Å². The van der Waals surface area contributed by atoms with Crippen LogP contribution in [0.5, 0.6) is 0 Å². The molecule has 0 atom stereocenters. The van der Waals surface area contributed by atoms with Crippen molar-refractivity contribution in [1.29, 1.82) is 0 Å². The van der Waals surface area contributed by atoms with E-state index in [9.17, 15) is 26.3 Å². The molecule has 7 heteroatoms. The summed E-state index contributed by atoms with van der Waals surface area (Å²) >= 11 is 0. The van der Waals surface area contributed by atoms with E-state index < -0.39 is 23.5 Å². The van der Waals surface area contributed by atoms with Gasteiger partial charge in [0.15, 0.2) is 0 Å². The Bertz CT molecular complexity index is 802. The van der Waals surface area contributed by atoms with E-state index in [1.807, 2.05) is 0 Å². The van der Waals surface area contributed by atoms with Crippen molar-refractivity contribution in [3.8, 4) is 11.1 Å². The minimum absolute atomic E-state index is 0.0802. The first-order valence-corrected chi connectivity index (χ1v) is 6.70. The zero-order valence-electron chi connectivity index (χ0n) is 11.9. The van der Waals surface area contributed by atoms with Crippen LogP contribution in [0.25, 0.3) is 11.1 Å². The summed E-state index contributed by atoms with van der Waals surface area (Å²) in [4.78, 5) is 0. The Morgan fingerprint density at radius 2 is 1.57 bits per heavy atom. The lowest BCUT2D eigenvalue weighted by atomic mass is 9.94. The van der Waals surface area contributed by atoms with Crippen molar-refractivity contribution in [3.63, 3.8) is 0 Å². The van der Waals surface area contributed by atoms with Crippen molar-refractivity contribution in [2.45, 2.75) is 25.7 Å². The number of fused-ring (bicyclic) bond motifs is 3.